The monoisotopic (exact) mass is 345 g/mol. The average molecular weight is 345 g/mol. The van der Waals surface area contributed by atoms with E-state index in [1.807, 2.05) is 23.4 Å². The topological polar surface area (TPSA) is 47.4 Å². The summed E-state index contributed by atoms with van der Waals surface area (Å²) < 4.78 is 20.6. The van der Waals surface area contributed by atoms with Gasteiger partial charge in [-0.15, -0.1) is 0 Å². The largest absolute Gasteiger partial charge is 0.493 e. The molecule has 2 heterocycles. The minimum absolute atomic E-state index is 0.0719. The lowest BCUT2D eigenvalue weighted by atomic mass is 10.1. The lowest BCUT2D eigenvalue weighted by molar-refractivity contribution is -0.133. The summed E-state index contributed by atoms with van der Waals surface area (Å²) in [6.45, 7) is 5.74. The summed E-state index contributed by atoms with van der Waals surface area (Å²) in [5.41, 5.74) is 2.13. The Bertz CT molecular complexity index is 744. The van der Waals surface area contributed by atoms with E-state index in [0.29, 0.717) is 18.7 Å². The molecule has 1 atom stereocenters. The molecule has 134 valence electrons. The number of amides is 1. The van der Waals surface area contributed by atoms with Crippen LogP contribution in [0.1, 0.15) is 36.7 Å². The number of likely N-dealkylation sites (tertiary alicyclic amines) is 1. The van der Waals surface area contributed by atoms with Crippen molar-refractivity contribution in [2.75, 3.05) is 19.7 Å². The zero-order chi connectivity index (χ0) is 17.8. The van der Waals surface area contributed by atoms with Crippen LogP contribution in [0.3, 0.4) is 0 Å². The Kier molecular flexibility index (Phi) is 5.36. The van der Waals surface area contributed by atoms with Gasteiger partial charge in [-0.2, -0.15) is 5.10 Å². The summed E-state index contributed by atoms with van der Waals surface area (Å²) in [5.74, 6) is 0.183. The zero-order valence-electron chi connectivity index (χ0n) is 14.7. The van der Waals surface area contributed by atoms with Crippen LogP contribution < -0.4 is 4.74 Å². The van der Waals surface area contributed by atoms with E-state index < -0.39 is 0 Å². The van der Waals surface area contributed by atoms with Gasteiger partial charge in [0.1, 0.15) is 11.6 Å². The number of hydrogen-bond acceptors (Lipinski definition) is 3. The summed E-state index contributed by atoms with van der Waals surface area (Å²) in [7, 11) is 0. The Balaban J connectivity index is 1.52. The third-order valence-corrected chi connectivity index (χ3v) is 4.52. The van der Waals surface area contributed by atoms with Crippen LogP contribution >= 0.6 is 0 Å². The fraction of sp³-hybridized carbons (Fsp3) is 0.474. The van der Waals surface area contributed by atoms with Crippen molar-refractivity contribution in [1.82, 2.24) is 14.7 Å². The second-order valence-electron chi connectivity index (χ2n) is 6.56. The maximum atomic E-state index is 13.1. The van der Waals surface area contributed by atoms with Gasteiger partial charge in [-0.05, 0) is 44.9 Å². The van der Waals surface area contributed by atoms with Gasteiger partial charge in [0.2, 0.25) is 5.91 Å². The Labute approximate surface area is 147 Å². The van der Waals surface area contributed by atoms with Crippen molar-refractivity contribution in [3.05, 3.63) is 47.5 Å². The lowest BCUT2D eigenvalue weighted by Gasteiger charge is -2.33. The number of hydrogen-bond donors (Lipinski definition) is 0. The predicted molar refractivity (Wildman–Crippen MR) is 93.1 cm³/mol. The van der Waals surface area contributed by atoms with Gasteiger partial charge in [0, 0.05) is 24.8 Å². The van der Waals surface area contributed by atoms with Gasteiger partial charge in [-0.25, -0.2) is 4.39 Å². The van der Waals surface area contributed by atoms with Crippen LogP contribution in [0.15, 0.2) is 30.3 Å². The number of aryl methyl sites for hydroxylation is 2. The van der Waals surface area contributed by atoms with Crippen LogP contribution in [0.25, 0.3) is 0 Å². The highest BCUT2D eigenvalue weighted by molar-refractivity contribution is 5.76. The van der Waals surface area contributed by atoms with Crippen molar-refractivity contribution in [1.29, 1.82) is 0 Å². The Morgan fingerprint density at radius 2 is 2.20 bits per heavy atom. The summed E-state index contributed by atoms with van der Waals surface area (Å²) in [6, 6.07) is 8.27. The highest BCUT2D eigenvalue weighted by atomic mass is 19.1. The summed E-state index contributed by atoms with van der Waals surface area (Å²) in [5, 5.41) is 4.56. The van der Waals surface area contributed by atoms with E-state index in [9.17, 15) is 9.18 Å². The number of aromatic nitrogens is 2. The molecule has 0 spiro atoms. The quantitative estimate of drug-likeness (QED) is 0.836. The second-order valence-corrected chi connectivity index (χ2v) is 6.56. The van der Waals surface area contributed by atoms with Crippen LogP contribution in [0, 0.1) is 19.7 Å². The van der Waals surface area contributed by atoms with Crippen LogP contribution in [0.4, 0.5) is 4.39 Å². The van der Waals surface area contributed by atoms with Crippen molar-refractivity contribution in [2.45, 2.75) is 39.2 Å². The first-order valence-corrected chi connectivity index (χ1v) is 8.72. The van der Waals surface area contributed by atoms with Crippen LogP contribution in [-0.4, -0.2) is 40.3 Å². The van der Waals surface area contributed by atoms with Gasteiger partial charge in [0.15, 0.2) is 0 Å². The van der Waals surface area contributed by atoms with E-state index in [0.717, 1.165) is 30.8 Å². The first-order chi connectivity index (χ1) is 12.0. The molecule has 3 rings (SSSR count). The van der Waals surface area contributed by atoms with E-state index in [1.165, 1.54) is 12.1 Å². The van der Waals surface area contributed by atoms with Gasteiger partial charge in [-0.1, -0.05) is 6.07 Å². The zero-order valence-corrected chi connectivity index (χ0v) is 14.7. The summed E-state index contributed by atoms with van der Waals surface area (Å²) >= 11 is 0. The molecule has 0 radical (unpaired) electrons. The molecule has 1 aromatic heterocycles. The molecule has 0 aliphatic carbocycles. The average Bonchev–Trinajstić information content (AvgIpc) is 2.93. The SMILES string of the molecule is Cc1cc(C)n([C@H]2CCCN(C(=O)CCOc3cccc(F)c3)C2)n1. The van der Waals surface area contributed by atoms with Crippen LogP contribution in [0.2, 0.25) is 0 Å². The summed E-state index contributed by atoms with van der Waals surface area (Å²) in [4.78, 5) is 14.4. The number of piperidine rings is 1. The standard InChI is InChI=1S/C19H24FN3O2/c1-14-11-15(2)23(21-14)17-6-4-9-22(13-17)19(24)8-10-25-18-7-3-5-16(20)12-18/h3,5,7,11-12,17H,4,6,8-10,13H2,1-2H3/t17-/m0/s1. The summed E-state index contributed by atoms with van der Waals surface area (Å²) in [6.07, 6.45) is 2.30. The van der Waals surface area contributed by atoms with E-state index in [1.54, 1.807) is 12.1 Å². The van der Waals surface area contributed by atoms with Crippen LogP contribution in [-0.2, 0) is 4.79 Å². The molecule has 2 aromatic rings. The molecule has 1 amide bonds. The van der Waals surface area contributed by atoms with Crippen molar-refractivity contribution < 1.29 is 13.9 Å². The predicted octanol–water partition coefficient (Wildman–Crippen LogP) is 3.27. The molecule has 25 heavy (non-hydrogen) atoms. The van der Waals surface area contributed by atoms with E-state index in [2.05, 4.69) is 11.2 Å². The normalized spacial score (nSPS) is 17.6. The maximum absolute atomic E-state index is 13.1. The fourth-order valence-electron chi connectivity index (χ4n) is 3.37. The van der Waals surface area contributed by atoms with Crippen molar-refractivity contribution in [3.63, 3.8) is 0 Å². The number of rotatable bonds is 5. The van der Waals surface area contributed by atoms with Gasteiger partial charge in [0.25, 0.3) is 0 Å². The molecular weight excluding hydrogens is 321 g/mol. The number of carbonyl (C=O) groups excluding carboxylic acids is 1. The smallest absolute Gasteiger partial charge is 0.226 e. The van der Waals surface area contributed by atoms with Crippen molar-refractivity contribution in [3.8, 4) is 5.75 Å². The number of halogens is 1. The molecule has 6 heteroatoms. The molecule has 0 saturated carbocycles. The van der Waals surface area contributed by atoms with E-state index >= 15 is 0 Å². The van der Waals surface area contributed by atoms with Gasteiger partial charge < -0.3 is 9.64 Å². The molecule has 1 aliphatic rings. The van der Waals surface area contributed by atoms with Gasteiger partial charge in [0.05, 0.1) is 24.8 Å². The molecule has 1 fully saturated rings. The fourth-order valence-corrected chi connectivity index (χ4v) is 3.37. The molecule has 1 aliphatic heterocycles. The Morgan fingerprint density at radius 1 is 1.36 bits per heavy atom. The van der Waals surface area contributed by atoms with E-state index in [-0.39, 0.29) is 24.4 Å². The molecule has 0 unspecified atom stereocenters. The van der Waals surface area contributed by atoms with Crippen LogP contribution in [0.5, 0.6) is 5.75 Å². The number of nitrogens with zero attached hydrogens (tertiary/aromatic N) is 3. The molecule has 1 aromatic carbocycles. The van der Waals surface area contributed by atoms with Gasteiger partial charge >= 0.3 is 0 Å². The third-order valence-electron chi connectivity index (χ3n) is 4.52. The molecule has 5 nitrogen and oxygen atoms in total. The molecule has 1 saturated heterocycles. The molecule has 0 N–H and O–H groups in total. The first kappa shape index (κ1) is 17.5. The number of carbonyl (C=O) groups is 1. The first-order valence-electron chi connectivity index (χ1n) is 8.72. The highest BCUT2D eigenvalue weighted by Gasteiger charge is 2.26. The van der Waals surface area contributed by atoms with Crippen molar-refractivity contribution in [2.24, 2.45) is 0 Å². The highest BCUT2D eigenvalue weighted by Crippen LogP contribution is 2.23. The van der Waals surface area contributed by atoms with Gasteiger partial charge in [-0.3, -0.25) is 9.48 Å². The molecule has 0 bridgehead atoms. The number of ether oxygens (including phenoxy) is 1. The van der Waals surface area contributed by atoms with E-state index in [4.69, 9.17) is 4.74 Å². The Morgan fingerprint density at radius 3 is 2.92 bits per heavy atom. The van der Waals surface area contributed by atoms with Crippen molar-refractivity contribution >= 4 is 5.91 Å². The lowest BCUT2D eigenvalue weighted by Crippen LogP contribution is -2.41. The third kappa shape index (κ3) is 4.38. The maximum Gasteiger partial charge on any atom is 0.226 e. The number of benzene rings is 1. The molecular formula is C19H24FN3O2. The minimum atomic E-state index is -0.340. The second kappa shape index (κ2) is 7.68. The Hall–Kier alpha value is -2.37. The minimum Gasteiger partial charge on any atom is -0.493 e.